The molecule has 0 aliphatic carbocycles. The van der Waals surface area contributed by atoms with Gasteiger partial charge >= 0.3 is 0 Å². The first-order valence-electron chi connectivity index (χ1n) is 7.15. The molecule has 0 unspecified atom stereocenters. The molecule has 2 aliphatic rings. The Morgan fingerprint density at radius 1 is 1.18 bits per heavy atom. The Labute approximate surface area is 143 Å². The average molecular weight is 396 g/mol. The highest BCUT2D eigenvalue weighted by molar-refractivity contribution is 9.10. The van der Waals surface area contributed by atoms with Crippen molar-refractivity contribution in [3.8, 4) is 0 Å². The lowest BCUT2D eigenvalue weighted by Gasteiger charge is -2.39. The van der Waals surface area contributed by atoms with Crippen molar-refractivity contribution in [2.45, 2.75) is 19.3 Å². The van der Waals surface area contributed by atoms with Gasteiger partial charge in [0, 0.05) is 24.1 Å². The van der Waals surface area contributed by atoms with Crippen LogP contribution < -0.4 is 5.32 Å². The minimum absolute atomic E-state index is 0. The SMILES string of the molecule is Cl.O=C(c1c(F)cc(Br)cc1F)N1CCC2(CCNC2)CC1. The van der Waals surface area contributed by atoms with Gasteiger partial charge in [-0.3, -0.25) is 4.79 Å². The average Bonchev–Trinajstić information content (AvgIpc) is 2.86. The molecule has 0 radical (unpaired) electrons. The molecule has 3 rings (SSSR count). The molecule has 3 nitrogen and oxygen atoms in total. The van der Waals surface area contributed by atoms with E-state index in [-0.39, 0.29) is 17.8 Å². The zero-order valence-electron chi connectivity index (χ0n) is 12.0. The maximum absolute atomic E-state index is 13.9. The minimum atomic E-state index is -0.810. The lowest BCUT2D eigenvalue weighted by molar-refractivity contribution is 0.0598. The summed E-state index contributed by atoms with van der Waals surface area (Å²) in [5.74, 6) is -2.16. The van der Waals surface area contributed by atoms with Crippen LogP contribution in [0.1, 0.15) is 29.6 Å². The molecule has 1 amide bonds. The first kappa shape index (κ1) is 17.6. The van der Waals surface area contributed by atoms with Gasteiger partial charge in [0.2, 0.25) is 0 Å². The third kappa shape index (κ3) is 3.29. The smallest absolute Gasteiger partial charge is 0.259 e. The van der Waals surface area contributed by atoms with Crippen LogP contribution in [0.15, 0.2) is 16.6 Å². The molecule has 1 N–H and O–H groups in total. The van der Waals surface area contributed by atoms with Gasteiger partial charge in [-0.05, 0) is 43.4 Å². The number of amides is 1. The number of benzene rings is 1. The van der Waals surface area contributed by atoms with E-state index >= 15 is 0 Å². The highest BCUT2D eigenvalue weighted by Gasteiger charge is 2.38. The van der Waals surface area contributed by atoms with Gasteiger partial charge in [0.25, 0.3) is 5.91 Å². The largest absolute Gasteiger partial charge is 0.338 e. The summed E-state index contributed by atoms with van der Waals surface area (Å²) in [5.41, 5.74) is -0.174. The number of piperidine rings is 1. The van der Waals surface area contributed by atoms with E-state index in [9.17, 15) is 13.6 Å². The zero-order valence-corrected chi connectivity index (χ0v) is 14.4. The minimum Gasteiger partial charge on any atom is -0.338 e. The quantitative estimate of drug-likeness (QED) is 0.791. The van der Waals surface area contributed by atoms with Crippen molar-refractivity contribution in [3.05, 3.63) is 33.8 Å². The number of hydrogen-bond acceptors (Lipinski definition) is 2. The van der Waals surface area contributed by atoms with Crippen molar-refractivity contribution >= 4 is 34.2 Å². The predicted molar refractivity (Wildman–Crippen MR) is 86.4 cm³/mol. The zero-order chi connectivity index (χ0) is 15.0. The molecule has 1 spiro atoms. The molecule has 122 valence electrons. The Morgan fingerprint density at radius 2 is 1.77 bits per heavy atom. The fourth-order valence-electron chi connectivity index (χ4n) is 3.31. The Morgan fingerprint density at radius 3 is 2.27 bits per heavy atom. The Kier molecular flexibility index (Phi) is 5.45. The molecule has 2 saturated heterocycles. The molecule has 0 saturated carbocycles. The Hall–Kier alpha value is -0.720. The van der Waals surface area contributed by atoms with E-state index in [1.54, 1.807) is 4.90 Å². The third-order valence-corrected chi connectivity index (χ3v) is 5.12. The molecule has 0 atom stereocenters. The van der Waals surface area contributed by atoms with Gasteiger partial charge in [0.15, 0.2) is 0 Å². The van der Waals surface area contributed by atoms with Crippen LogP contribution in [0.25, 0.3) is 0 Å². The summed E-state index contributed by atoms with van der Waals surface area (Å²) in [5, 5.41) is 3.35. The van der Waals surface area contributed by atoms with Crippen molar-refractivity contribution in [2.75, 3.05) is 26.2 Å². The number of halogens is 4. The fraction of sp³-hybridized carbons (Fsp3) is 0.533. The van der Waals surface area contributed by atoms with Gasteiger partial charge in [0.1, 0.15) is 17.2 Å². The first-order valence-corrected chi connectivity index (χ1v) is 7.95. The number of carbonyl (C=O) groups excluding carboxylic acids is 1. The van der Waals surface area contributed by atoms with Crippen LogP contribution >= 0.6 is 28.3 Å². The number of rotatable bonds is 1. The summed E-state index contributed by atoms with van der Waals surface area (Å²) < 4.78 is 28.1. The molecular formula is C15H18BrClF2N2O. The van der Waals surface area contributed by atoms with Gasteiger partial charge < -0.3 is 10.2 Å². The van der Waals surface area contributed by atoms with E-state index in [4.69, 9.17) is 0 Å². The molecule has 1 aromatic rings. The lowest BCUT2D eigenvalue weighted by Crippen LogP contribution is -2.44. The summed E-state index contributed by atoms with van der Waals surface area (Å²) in [6.07, 6.45) is 2.91. The fourth-order valence-corrected chi connectivity index (χ4v) is 3.71. The maximum Gasteiger partial charge on any atom is 0.259 e. The summed E-state index contributed by atoms with van der Waals surface area (Å²) >= 11 is 3.02. The van der Waals surface area contributed by atoms with Crippen LogP contribution in [0, 0.1) is 17.0 Å². The predicted octanol–water partition coefficient (Wildman–Crippen LogP) is 3.36. The summed E-state index contributed by atoms with van der Waals surface area (Å²) in [6.45, 7) is 3.13. The highest BCUT2D eigenvalue weighted by Crippen LogP contribution is 2.37. The lowest BCUT2D eigenvalue weighted by atomic mass is 9.78. The monoisotopic (exact) mass is 394 g/mol. The second-order valence-electron chi connectivity index (χ2n) is 5.96. The summed E-state index contributed by atoms with van der Waals surface area (Å²) in [7, 11) is 0. The van der Waals surface area contributed by atoms with Crippen LogP contribution in [0.2, 0.25) is 0 Å². The van der Waals surface area contributed by atoms with Crippen molar-refractivity contribution in [3.63, 3.8) is 0 Å². The standard InChI is InChI=1S/C15H17BrF2N2O.ClH/c16-10-7-11(17)13(12(18)8-10)14(21)20-5-2-15(3-6-20)1-4-19-9-15;/h7-8,19H,1-6,9H2;1H. The Balaban J connectivity index is 0.00000176. The van der Waals surface area contributed by atoms with Gasteiger partial charge in [-0.2, -0.15) is 0 Å². The molecule has 2 heterocycles. The maximum atomic E-state index is 13.9. The van der Waals surface area contributed by atoms with Crippen molar-refractivity contribution in [2.24, 2.45) is 5.41 Å². The topological polar surface area (TPSA) is 32.3 Å². The highest BCUT2D eigenvalue weighted by atomic mass is 79.9. The van der Waals surface area contributed by atoms with E-state index in [2.05, 4.69) is 21.2 Å². The number of hydrogen-bond donors (Lipinski definition) is 1. The van der Waals surface area contributed by atoms with E-state index in [0.29, 0.717) is 17.6 Å². The van der Waals surface area contributed by atoms with Crippen LogP contribution in [-0.4, -0.2) is 37.0 Å². The molecule has 2 fully saturated rings. The van der Waals surface area contributed by atoms with E-state index in [0.717, 1.165) is 44.5 Å². The molecule has 0 aromatic heterocycles. The van der Waals surface area contributed by atoms with Crippen LogP contribution in [0.5, 0.6) is 0 Å². The molecule has 2 aliphatic heterocycles. The van der Waals surface area contributed by atoms with Gasteiger partial charge in [-0.1, -0.05) is 15.9 Å². The number of nitrogens with zero attached hydrogens (tertiary/aromatic N) is 1. The molecule has 7 heteroatoms. The van der Waals surface area contributed by atoms with E-state index in [1.807, 2.05) is 0 Å². The summed E-state index contributed by atoms with van der Waals surface area (Å²) in [6, 6.07) is 2.26. The van der Waals surface area contributed by atoms with Gasteiger partial charge in [-0.15, -0.1) is 12.4 Å². The molecular weight excluding hydrogens is 378 g/mol. The second-order valence-corrected chi connectivity index (χ2v) is 6.88. The van der Waals surface area contributed by atoms with Gasteiger partial charge in [0.05, 0.1) is 0 Å². The molecule has 22 heavy (non-hydrogen) atoms. The number of likely N-dealkylation sites (tertiary alicyclic amines) is 1. The molecule has 0 bridgehead atoms. The van der Waals surface area contributed by atoms with E-state index in [1.165, 1.54) is 0 Å². The van der Waals surface area contributed by atoms with Gasteiger partial charge in [-0.25, -0.2) is 8.78 Å². The van der Waals surface area contributed by atoms with Crippen LogP contribution in [0.4, 0.5) is 8.78 Å². The normalized spacial score (nSPS) is 20.0. The Bertz CT molecular complexity index is 546. The summed E-state index contributed by atoms with van der Waals surface area (Å²) in [4.78, 5) is 13.9. The number of carbonyl (C=O) groups is 1. The third-order valence-electron chi connectivity index (χ3n) is 4.66. The molecule has 1 aromatic carbocycles. The van der Waals surface area contributed by atoms with Crippen molar-refractivity contribution in [1.82, 2.24) is 10.2 Å². The second kappa shape index (κ2) is 6.81. The first-order chi connectivity index (χ1) is 10.0. The van der Waals surface area contributed by atoms with Crippen molar-refractivity contribution < 1.29 is 13.6 Å². The van der Waals surface area contributed by atoms with E-state index < -0.39 is 23.1 Å². The van der Waals surface area contributed by atoms with Crippen LogP contribution in [-0.2, 0) is 0 Å². The van der Waals surface area contributed by atoms with Crippen molar-refractivity contribution in [1.29, 1.82) is 0 Å². The van der Waals surface area contributed by atoms with Crippen LogP contribution in [0.3, 0.4) is 0 Å². The number of nitrogens with one attached hydrogen (secondary N) is 1.